The molecular formula is C12H12N2O3S. The molecular weight excluding hydrogens is 252 g/mol. The number of hydrogen-bond acceptors (Lipinski definition) is 4. The molecule has 0 aliphatic rings. The van der Waals surface area contributed by atoms with E-state index in [1.165, 1.54) is 24.3 Å². The summed E-state index contributed by atoms with van der Waals surface area (Å²) < 4.78 is 1.58. The Balaban J connectivity index is 2.20. The fraction of sp³-hybridized carbons (Fsp3) is 0.250. The average Bonchev–Trinajstić information content (AvgIpc) is 2.95. The number of carbonyl (C=O) groups is 2. The van der Waals surface area contributed by atoms with Crippen LogP contribution in [0, 0.1) is 0 Å². The molecule has 0 bridgehead atoms. The van der Waals surface area contributed by atoms with Crippen LogP contribution in [0.2, 0.25) is 0 Å². The van der Waals surface area contributed by atoms with Crippen LogP contribution in [-0.4, -0.2) is 26.4 Å². The minimum Gasteiger partial charge on any atom is -0.477 e. The van der Waals surface area contributed by atoms with Crippen molar-refractivity contribution in [3.8, 4) is 0 Å². The Hall–Kier alpha value is -1.95. The smallest absolute Gasteiger partial charge is 0.352 e. The van der Waals surface area contributed by atoms with Gasteiger partial charge in [0.05, 0.1) is 11.2 Å². The molecule has 2 aromatic heterocycles. The zero-order chi connectivity index (χ0) is 13.1. The van der Waals surface area contributed by atoms with Gasteiger partial charge in [-0.3, -0.25) is 4.79 Å². The Morgan fingerprint density at radius 3 is 2.83 bits per heavy atom. The Morgan fingerprint density at radius 1 is 1.50 bits per heavy atom. The highest BCUT2D eigenvalue weighted by molar-refractivity contribution is 7.07. The van der Waals surface area contributed by atoms with Crippen molar-refractivity contribution in [3.05, 3.63) is 40.1 Å². The third kappa shape index (κ3) is 2.65. The summed E-state index contributed by atoms with van der Waals surface area (Å²) in [5, 5.41) is 11.0. The number of carboxylic acids is 1. The van der Waals surface area contributed by atoms with E-state index in [1.54, 1.807) is 16.3 Å². The molecule has 5 nitrogen and oxygen atoms in total. The molecule has 0 atom stereocenters. The molecule has 0 amide bonds. The Morgan fingerprint density at radius 2 is 2.28 bits per heavy atom. The van der Waals surface area contributed by atoms with E-state index >= 15 is 0 Å². The van der Waals surface area contributed by atoms with Crippen LogP contribution in [0.25, 0.3) is 0 Å². The molecule has 0 radical (unpaired) electrons. The van der Waals surface area contributed by atoms with Crippen LogP contribution in [0.5, 0.6) is 0 Å². The van der Waals surface area contributed by atoms with E-state index in [2.05, 4.69) is 4.98 Å². The third-order valence-electron chi connectivity index (χ3n) is 2.61. The van der Waals surface area contributed by atoms with Crippen LogP contribution in [0.4, 0.5) is 0 Å². The first-order chi connectivity index (χ1) is 8.58. The molecule has 0 aliphatic carbocycles. The number of aromatic carboxylic acids is 1. The number of aromatic nitrogens is 2. The lowest BCUT2D eigenvalue weighted by Crippen LogP contribution is -2.09. The molecule has 18 heavy (non-hydrogen) atoms. The van der Waals surface area contributed by atoms with Gasteiger partial charge in [-0.25, -0.2) is 9.78 Å². The molecule has 0 saturated heterocycles. The maximum atomic E-state index is 11.2. The van der Waals surface area contributed by atoms with Crippen molar-refractivity contribution >= 4 is 23.1 Å². The summed E-state index contributed by atoms with van der Waals surface area (Å²) in [5.74, 6) is -1.16. The maximum absolute atomic E-state index is 11.2. The number of nitrogens with zero attached hydrogens (tertiary/aromatic N) is 2. The van der Waals surface area contributed by atoms with E-state index in [0.29, 0.717) is 18.5 Å². The lowest BCUT2D eigenvalue weighted by atomic mass is 10.2. The summed E-state index contributed by atoms with van der Waals surface area (Å²) in [6, 6.07) is 1.41. The number of Topliss-reactive ketones (excluding diaryl/α,β-unsaturated/α-hetero) is 1. The van der Waals surface area contributed by atoms with Gasteiger partial charge in [0, 0.05) is 30.1 Å². The number of carbonyl (C=O) groups excluding carboxylic acids is 1. The van der Waals surface area contributed by atoms with Crippen LogP contribution in [-0.2, 0) is 13.0 Å². The van der Waals surface area contributed by atoms with Gasteiger partial charge in [0.25, 0.3) is 0 Å². The minimum absolute atomic E-state index is 0.134. The molecule has 0 aliphatic heterocycles. The average molecular weight is 264 g/mol. The van der Waals surface area contributed by atoms with Crippen LogP contribution >= 0.6 is 11.3 Å². The van der Waals surface area contributed by atoms with Crippen LogP contribution < -0.4 is 0 Å². The highest BCUT2D eigenvalue weighted by atomic mass is 32.1. The van der Waals surface area contributed by atoms with E-state index in [-0.39, 0.29) is 11.5 Å². The van der Waals surface area contributed by atoms with Gasteiger partial charge in [0.15, 0.2) is 5.78 Å². The molecule has 2 heterocycles. The molecule has 1 N–H and O–H groups in total. The van der Waals surface area contributed by atoms with Crippen molar-refractivity contribution in [2.24, 2.45) is 0 Å². The third-order valence-corrected chi connectivity index (χ3v) is 3.25. The molecule has 0 spiro atoms. The lowest BCUT2D eigenvalue weighted by Gasteiger charge is -2.04. The summed E-state index contributed by atoms with van der Waals surface area (Å²) in [6.45, 7) is 1.92. The fourth-order valence-corrected chi connectivity index (χ4v) is 2.26. The topological polar surface area (TPSA) is 72.2 Å². The number of hydrogen-bond donors (Lipinski definition) is 1. The van der Waals surface area contributed by atoms with Gasteiger partial charge < -0.3 is 9.67 Å². The second-order valence-corrected chi connectivity index (χ2v) is 4.62. The van der Waals surface area contributed by atoms with Crippen molar-refractivity contribution < 1.29 is 14.7 Å². The molecule has 0 unspecified atom stereocenters. The first kappa shape index (κ1) is 12.5. The largest absolute Gasteiger partial charge is 0.477 e. The molecule has 0 aromatic carbocycles. The summed E-state index contributed by atoms with van der Waals surface area (Å²) in [5.41, 5.74) is 3.22. The fourth-order valence-electron chi connectivity index (χ4n) is 1.66. The van der Waals surface area contributed by atoms with Gasteiger partial charge in [0.2, 0.25) is 0 Å². The van der Waals surface area contributed by atoms with Gasteiger partial charge in [0.1, 0.15) is 5.69 Å². The van der Waals surface area contributed by atoms with Crippen molar-refractivity contribution in [3.63, 3.8) is 0 Å². The minimum atomic E-state index is -1.03. The highest BCUT2D eigenvalue weighted by Gasteiger charge is 2.14. The number of carboxylic acid groups (broad SMARTS) is 1. The van der Waals surface area contributed by atoms with Crippen LogP contribution in [0.1, 0.15) is 33.5 Å². The molecule has 94 valence electrons. The van der Waals surface area contributed by atoms with E-state index < -0.39 is 5.97 Å². The normalized spacial score (nSPS) is 10.5. The van der Waals surface area contributed by atoms with Gasteiger partial charge in [-0.1, -0.05) is 0 Å². The summed E-state index contributed by atoms with van der Waals surface area (Å²) in [7, 11) is 0. The Kier molecular flexibility index (Phi) is 3.57. The van der Waals surface area contributed by atoms with Crippen molar-refractivity contribution in [1.29, 1.82) is 0 Å². The summed E-state index contributed by atoms with van der Waals surface area (Å²) >= 11 is 1.50. The predicted octanol–water partition coefficient (Wildman–Crippen LogP) is 2.09. The first-order valence-corrected chi connectivity index (χ1v) is 6.33. The van der Waals surface area contributed by atoms with E-state index in [4.69, 9.17) is 5.11 Å². The van der Waals surface area contributed by atoms with Gasteiger partial charge in [-0.15, -0.1) is 11.3 Å². The van der Waals surface area contributed by atoms with Crippen molar-refractivity contribution in [2.45, 2.75) is 19.9 Å². The summed E-state index contributed by atoms with van der Waals surface area (Å²) in [4.78, 5) is 26.5. The van der Waals surface area contributed by atoms with Crippen molar-refractivity contribution in [2.75, 3.05) is 0 Å². The second-order valence-electron chi connectivity index (χ2n) is 3.90. The molecule has 2 aromatic rings. The predicted molar refractivity (Wildman–Crippen MR) is 67.2 cm³/mol. The van der Waals surface area contributed by atoms with E-state index in [1.807, 2.05) is 5.38 Å². The quantitative estimate of drug-likeness (QED) is 0.839. The monoisotopic (exact) mass is 264 g/mol. The number of ketones is 1. The molecule has 2 rings (SSSR count). The van der Waals surface area contributed by atoms with Gasteiger partial charge >= 0.3 is 5.97 Å². The number of aryl methyl sites for hydroxylation is 2. The highest BCUT2D eigenvalue weighted by Crippen LogP contribution is 2.12. The Labute approximate surface area is 108 Å². The first-order valence-electron chi connectivity index (χ1n) is 5.39. The second kappa shape index (κ2) is 5.14. The number of thiazole rings is 1. The van der Waals surface area contributed by atoms with E-state index in [0.717, 1.165) is 5.69 Å². The Bertz CT molecular complexity index is 572. The van der Waals surface area contributed by atoms with Gasteiger partial charge in [-0.2, -0.15) is 0 Å². The number of rotatable bonds is 5. The van der Waals surface area contributed by atoms with Gasteiger partial charge in [-0.05, 0) is 13.0 Å². The van der Waals surface area contributed by atoms with Crippen LogP contribution in [0.15, 0.2) is 23.2 Å². The zero-order valence-corrected chi connectivity index (χ0v) is 10.6. The SMILES string of the molecule is CC(=O)c1cc(C(=O)O)n(CCc2cscn2)c1. The molecule has 6 heteroatoms. The maximum Gasteiger partial charge on any atom is 0.352 e. The summed E-state index contributed by atoms with van der Waals surface area (Å²) in [6.07, 6.45) is 2.23. The van der Waals surface area contributed by atoms with E-state index in [9.17, 15) is 9.59 Å². The van der Waals surface area contributed by atoms with Crippen LogP contribution in [0.3, 0.4) is 0 Å². The van der Waals surface area contributed by atoms with Crippen molar-refractivity contribution in [1.82, 2.24) is 9.55 Å². The zero-order valence-electron chi connectivity index (χ0n) is 9.79. The molecule has 0 fully saturated rings. The molecule has 0 saturated carbocycles. The lowest BCUT2D eigenvalue weighted by molar-refractivity contribution is 0.0685. The standard InChI is InChI=1S/C12H12N2O3S/c1-8(15)9-4-11(12(16)17)14(5-9)3-2-10-6-18-7-13-10/h4-7H,2-3H2,1H3,(H,16,17).